The van der Waals surface area contributed by atoms with Gasteiger partial charge in [-0.1, -0.05) is 32.6 Å². The topological polar surface area (TPSA) is 37.3 Å². The largest absolute Gasteiger partial charge is 0.481 e. The fraction of sp³-hybridized carbons (Fsp3) is 0.875. The van der Waals surface area contributed by atoms with Crippen molar-refractivity contribution in [1.82, 2.24) is 0 Å². The lowest BCUT2D eigenvalue weighted by Crippen LogP contribution is -1.93. The molecule has 0 aliphatic rings. The number of aliphatic carboxylic acids is 1. The highest BCUT2D eigenvalue weighted by molar-refractivity contribution is 5.66. The van der Waals surface area contributed by atoms with Gasteiger partial charge in [-0.2, -0.15) is 0 Å². The van der Waals surface area contributed by atoms with Crippen LogP contribution in [-0.2, 0) is 4.79 Å². The second-order valence-electron chi connectivity index (χ2n) is 2.56. The molecule has 0 heterocycles. The molecular weight excluding hydrogens is 136 g/mol. The Bertz CT molecular complexity index is 89.3. The Morgan fingerprint density at radius 3 is 2.30 bits per heavy atom. The normalized spacial score (nSPS) is 9.70. The molecule has 0 rings (SSSR count). The third kappa shape index (κ3) is 7.47. The maximum Gasteiger partial charge on any atom is 0.303 e. The summed E-state index contributed by atoms with van der Waals surface area (Å²) in [5.41, 5.74) is 0. The monoisotopic (exact) mass is 152 g/mol. The lowest BCUT2D eigenvalue weighted by Gasteiger charge is -1.95. The molecule has 2 nitrogen and oxygen atoms in total. The molecule has 1 N–H and O–H groups in total. The fourth-order valence-corrected chi connectivity index (χ4v) is 0.880. The van der Waals surface area contributed by atoms with Crippen LogP contribution in [0, 0.1) is 0 Å². The predicted octanol–water partition coefficient (Wildman–Crippen LogP) is 2.43. The van der Waals surface area contributed by atoms with Gasteiger partial charge in [-0.15, -0.1) is 0 Å². The Kier molecular flexibility index (Phi) is 6.24. The molecule has 0 aromatic carbocycles. The Balaban J connectivity index is 2.84. The fourth-order valence-electron chi connectivity index (χ4n) is 0.880. The Hall–Kier alpha value is -0.530. The average Bonchev–Trinajstić information content (AvgIpc) is 1.87. The van der Waals surface area contributed by atoms with Crippen LogP contribution in [0.3, 0.4) is 0 Å². The van der Waals surface area contributed by atoms with Gasteiger partial charge in [0.05, 0.1) is 0 Å². The van der Waals surface area contributed by atoms with Gasteiger partial charge in [0, 0.05) is 6.42 Å². The number of hydrogen-bond acceptors (Lipinski definition) is 1. The SMILES string of the molecule is [13CH3][13CH2][13CH2][13CH2][13CH2][13CH2][13CH2][13C](=O)O. The number of rotatable bonds is 6. The van der Waals surface area contributed by atoms with E-state index in [-0.39, 0.29) is 0 Å². The second-order valence-corrected chi connectivity index (χ2v) is 2.56. The summed E-state index contributed by atoms with van der Waals surface area (Å²) in [5, 5.41) is 8.27. The highest BCUT2D eigenvalue weighted by Crippen LogP contribution is 2.04. The van der Waals surface area contributed by atoms with Gasteiger partial charge >= 0.3 is 5.97 Å². The lowest BCUT2D eigenvalue weighted by atomic mass is 11.1. The third-order valence-electron chi connectivity index (χ3n) is 1.49. The van der Waals surface area contributed by atoms with E-state index >= 15 is 0 Å². The number of carboxylic acid groups (broad SMARTS) is 1. The smallest absolute Gasteiger partial charge is 0.303 e. The molecule has 0 aromatic rings. The maximum absolute atomic E-state index is 10.0. The first-order valence-corrected chi connectivity index (χ1v) is 3.99. The van der Waals surface area contributed by atoms with Crippen molar-refractivity contribution in [1.29, 1.82) is 0 Å². The second kappa shape index (κ2) is 6.59. The van der Waals surface area contributed by atoms with Crippen LogP contribution < -0.4 is 0 Å². The molecule has 2 heteroatoms. The molecule has 0 spiro atoms. The molecule has 0 bridgehead atoms. The van der Waals surface area contributed by atoms with Gasteiger partial charge in [0.15, 0.2) is 0 Å². The zero-order valence-corrected chi connectivity index (χ0v) is 6.60. The van der Waals surface area contributed by atoms with E-state index in [1.807, 2.05) is 0 Å². The van der Waals surface area contributed by atoms with Crippen LogP contribution in [0.5, 0.6) is 0 Å². The molecule has 0 atom stereocenters. The molecule has 0 amide bonds. The van der Waals surface area contributed by atoms with Crippen LogP contribution in [0.25, 0.3) is 0 Å². The molecule has 0 aliphatic carbocycles. The van der Waals surface area contributed by atoms with Crippen LogP contribution in [0.1, 0.15) is 45.4 Å². The van der Waals surface area contributed by atoms with Gasteiger partial charge in [0.2, 0.25) is 0 Å². The van der Waals surface area contributed by atoms with E-state index in [9.17, 15) is 4.79 Å². The third-order valence-corrected chi connectivity index (χ3v) is 1.49. The predicted molar refractivity (Wildman–Crippen MR) is 41.0 cm³/mol. The Labute approximate surface area is 62.2 Å². The zero-order valence-electron chi connectivity index (χ0n) is 6.60. The Morgan fingerprint density at radius 2 is 1.80 bits per heavy atom. The van der Waals surface area contributed by atoms with Crippen LogP contribution in [0.15, 0.2) is 0 Å². The van der Waals surface area contributed by atoms with Crippen molar-refractivity contribution in [3.8, 4) is 0 Å². The molecule has 0 fully saturated rings. The first-order chi connectivity index (χ1) is 4.77. The van der Waals surface area contributed by atoms with E-state index in [4.69, 9.17) is 5.11 Å². The first-order valence-electron chi connectivity index (χ1n) is 3.99. The van der Waals surface area contributed by atoms with E-state index < -0.39 is 5.97 Å². The summed E-state index contributed by atoms with van der Waals surface area (Å²) in [7, 11) is 0. The average molecular weight is 152 g/mol. The lowest BCUT2D eigenvalue weighted by molar-refractivity contribution is -0.137. The quantitative estimate of drug-likeness (QED) is 0.468. The summed E-state index contributed by atoms with van der Waals surface area (Å²) in [6, 6.07) is 0. The minimum atomic E-state index is -0.670. The standard InChI is InChI=1S/C8H16O2/c1-2-3-4-5-6-7-8(9)10/h2-7H2,1H3,(H,9,10)/i1+1,2+1,3+1,4+1,5+1,6+1,7+1,8+1. The van der Waals surface area contributed by atoms with Crippen LogP contribution in [-0.4, -0.2) is 11.1 Å². The van der Waals surface area contributed by atoms with Gasteiger partial charge < -0.3 is 5.11 Å². The van der Waals surface area contributed by atoms with Crippen molar-refractivity contribution in [2.24, 2.45) is 0 Å². The number of hydrogen-bond donors (Lipinski definition) is 1. The molecular formula is C8H16O2. The molecule has 0 radical (unpaired) electrons. The summed E-state index contributed by atoms with van der Waals surface area (Å²) in [5.74, 6) is -0.670. The van der Waals surface area contributed by atoms with Crippen molar-refractivity contribution >= 4 is 5.97 Å². The maximum atomic E-state index is 10.0. The van der Waals surface area contributed by atoms with E-state index in [1.165, 1.54) is 19.3 Å². The van der Waals surface area contributed by atoms with Crippen molar-refractivity contribution in [3.05, 3.63) is 0 Å². The number of unbranched alkanes of at least 4 members (excludes halogenated alkanes) is 4. The van der Waals surface area contributed by atoms with Gasteiger partial charge in [-0.3, -0.25) is 4.79 Å². The highest BCUT2D eigenvalue weighted by Gasteiger charge is 1.94. The molecule has 0 aliphatic heterocycles. The molecule has 10 heavy (non-hydrogen) atoms. The van der Waals surface area contributed by atoms with Gasteiger partial charge in [0.1, 0.15) is 0 Å². The number of carbonyl (C=O) groups is 1. The highest BCUT2D eigenvalue weighted by atomic mass is 16.5. The van der Waals surface area contributed by atoms with Crippen molar-refractivity contribution in [2.45, 2.75) is 45.4 Å². The van der Waals surface area contributed by atoms with Gasteiger partial charge in [0.25, 0.3) is 0 Å². The minimum absolute atomic E-state index is 0.337. The summed E-state index contributed by atoms with van der Waals surface area (Å²) in [4.78, 5) is 10.0. The first kappa shape index (κ1) is 9.47. The summed E-state index contributed by atoms with van der Waals surface area (Å²) in [6.07, 6.45) is 5.88. The minimum Gasteiger partial charge on any atom is -0.481 e. The molecule has 60 valence electrons. The summed E-state index contributed by atoms with van der Waals surface area (Å²) < 4.78 is 0. The van der Waals surface area contributed by atoms with Gasteiger partial charge in [-0.05, 0) is 6.42 Å². The van der Waals surface area contributed by atoms with Crippen molar-refractivity contribution in [2.75, 3.05) is 0 Å². The van der Waals surface area contributed by atoms with E-state index in [0.29, 0.717) is 6.42 Å². The van der Waals surface area contributed by atoms with Crippen molar-refractivity contribution in [3.63, 3.8) is 0 Å². The van der Waals surface area contributed by atoms with Gasteiger partial charge in [-0.25, -0.2) is 0 Å². The molecule has 0 saturated heterocycles. The zero-order chi connectivity index (χ0) is 7.82. The molecule has 0 aromatic heterocycles. The van der Waals surface area contributed by atoms with Crippen LogP contribution in [0.4, 0.5) is 0 Å². The number of carboxylic acids is 1. The van der Waals surface area contributed by atoms with Crippen LogP contribution in [0.2, 0.25) is 0 Å². The summed E-state index contributed by atoms with van der Waals surface area (Å²) in [6.45, 7) is 2.15. The van der Waals surface area contributed by atoms with E-state index in [2.05, 4.69) is 6.92 Å². The van der Waals surface area contributed by atoms with Crippen LogP contribution >= 0.6 is 0 Å². The van der Waals surface area contributed by atoms with E-state index in [0.717, 1.165) is 12.8 Å². The van der Waals surface area contributed by atoms with E-state index in [1.54, 1.807) is 0 Å². The van der Waals surface area contributed by atoms with Crippen molar-refractivity contribution < 1.29 is 9.90 Å². The molecule has 0 saturated carbocycles. The molecule has 0 unspecified atom stereocenters. The Morgan fingerprint density at radius 1 is 1.20 bits per heavy atom. The summed E-state index contributed by atoms with van der Waals surface area (Å²) >= 11 is 0.